The number of carbonyl (C=O) groups excluding carboxylic acids is 2. The largest absolute Gasteiger partial charge is 0.497 e. The molecule has 0 saturated heterocycles. The van der Waals surface area contributed by atoms with Crippen molar-refractivity contribution in [2.45, 2.75) is 38.8 Å². The van der Waals surface area contributed by atoms with E-state index in [1.54, 1.807) is 36.3 Å². The lowest BCUT2D eigenvalue weighted by Crippen LogP contribution is -2.50. The second-order valence-electron chi connectivity index (χ2n) is 9.24. The van der Waals surface area contributed by atoms with E-state index in [0.717, 1.165) is 17.4 Å². The molecule has 0 heterocycles. The smallest absolute Gasteiger partial charge is 0.243 e. The van der Waals surface area contributed by atoms with Gasteiger partial charge in [-0.15, -0.1) is 0 Å². The maximum absolute atomic E-state index is 13.7. The zero-order valence-electron chi connectivity index (χ0n) is 22.7. The number of anilines is 1. The molecule has 208 valence electrons. The number of hydrogen-bond acceptors (Lipinski definition) is 5. The van der Waals surface area contributed by atoms with Gasteiger partial charge in [0.2, 0.25) is 21.8 Å². The molecular weight excluding hydrogens is 514 g/mol. The molecule has 0 fully saturated rings. The molecule has 0 unspecified atom stereocenters. The van der Waals surface area contributed by atoms with E-state index >= 15 is 0 Å². The van der Waals surface area contributed by atoms with E-state index in [0.29, 0.717) is 24.4 Å². The Bertz CT molecular complexity index is 1300. The second-order valence-corrected chi connectivity index (χ2v) is 11.2. The van der Waals surface area contributed by atoms with Crippen molar-refractivity contribution in [2.75, 3.05) is 30.8 Å². The monoisotopic (exact) mass is 551 g/mol. The summed E-state index contributed by atoms with van der Waals surface area (Å²) in [6, 6.07) is 25.2. The van der Waals surface area contributed by atoms with Gasteiger partial charge in [0, 0.05) is 32.5 Å². The Labute approximate surface area is 231 Å². The summed E-state index contributed by atoms with van der Waals surface area (Å²) in [6.45, 7) is 2.69. The fraction of sp³-hybridized carbons (Fsp3) is 0.333. The highest BCUT2D eigenvalue weighted by molar-refractivity contribution is 7.92. The summed E-state index contributed by atoms with van der Waals surface area (Å²) in [4.78, 5) is 28.5. The van der Waals surface area contributed by atoms with E-state index < -0.39 is 16.1 Å². The van der Waals surface area contributed by atoms with Crippen molar-refractivity contribution in [3.8, 4) is 5.75 Å². The average molecular weight is 552 g/mol. The molecule has 0 bridgehead atoms. The van der Waals surface area contributed by atoms with Crippen LogP contribution in [0.2, 0.25) is 0 Å². The highest BCUT2D eigenvalue weighted by Gasteiger charge is 2.30. The molecule has 9 heteroatoms. The second kappa shape index (κ2) is 14.3. The highest BCUT2D eigenvalue weighted by atomic mass is 32.2. The summed E-state index contributed by atoms with van der Waals surface area (Å²) in [5.74, 6) is 0.185. The van der Waals surface area contributed by atoms with E-state index in [1.165, 1.54) is 4.31 Å². The first kappa shape index (κ1) is 29.7. The zero-order chi connectivity index (χ0) is 28.3. The first-order valence-electron chi connectivity index (χ1n) is 13.0. The number of likely N-dealkylation sites (N-methyl/N-ethyl adjacent to an activating group) is 1. The Morgan fingerprint density at radius 3 is 2.03 bits per heavy atom. The number of benzene rings is 3. The third-order valence-electron chi connectivity index (χ3n) is 6.33. The fourth-order valence-electron chi connectivity index (χ4n) is 4.38. The molecule has 1 atom stereocenters. The lowest BCUT2D eigenvalue weighted by atomic mass is 10.0. The standard InChI is InChI=1S/C30H37N3O5S/c1-4-31-30(35)28(22-24-12-7-5-8-13-24)32(23-25-14-9-6-10-15-25)29(34)16-11-21-33(39(3,36)37)26-17-19-27(38-2)20-18-26/h5-10,12-15,17-20,28H,4,11,16,21-23H2,1-3H3,(H,31,35)/t28-/m1/s1. The molecule has 3 aromatic rings. The Morgan fingerprint density at radius 1 is 0.897 bits per heavy atom. The van der Waals surface area contributed by atoms with Gasteiger partial charge in [-0.2, -0.15) is 0 Å². The number of ether oxygens (including phenoxy) is 1. The molecule has 3 rings (SSSR count). The van der Waals surface area contributed by atoms with Gasteiger partial charge in [-0.3, -0.25) is 13.9 Å². The highest BCUT2D eigenvalue weighted by Crippen LogP contribution is 2.23. The number of hydrogen-bond donors (Lipinski definition) is 1. The van der Waals surface area contributed by atoms with Gasteiger partial charge < -0.3 is 15.0 Å². The van der Waals surface area contributed by atoms with Gasteiger partial charge >= 0.3 is 0 Å². The quantitative estimate of drug-likeness (QED) is 0.327. The van der Waals surface area contributed by atoms with E-state index in [2.05, 4.69) is 5.32 Å². The number of sulfonamides is 1. The number of nitrogens with one attached hydrogen (secondary N) is 1. The zero-order valence-corrected chi connectivity index (χ0v) is 23.6. The summed E-state index contributed by atoms with van der Waals surface area (Å²) < 4.78 is 31.6. The summed E-state index contributed by atoms with van der Waals surface area (Å²) >= 11 is 0. The SMILES string of the molecule is CCNC(=O)[C@@H](Cc1ccccc1)N(Cc1ccccc1)C(=O)CCCN(c1ccc(OC)cc1)S(C)(=O)=O. The number of methoxy groups -OCH3 is 1. The molecule has 39 heavy (non-hydrogen) atoms. The number of nitrogens with zero attached hydrogens (tertiary/aromatic N) is 2. The molecule has 1 N–H and O–H groups in total. The Balaban J connectivity index is 1.82. The van der Waals surface area contributed by atoms with Crippen molar-refractivity contribution in [1.29, 1.82) is 0 Å². The number of carbonyl (C=O) groups is 2. The molecule has 0 aliphatic rings. The molecule has 2 amide bonds. The maximum atomic E-state index is 13.7. The minimum absolute atomic E-state index is 0.0830. The van der Waals surface area contributed by atoms with Crippen LogP contribution in [0, 0.1) is 0 Å². The van der Waals surface area contributed by atoms with Crippen molar-refractivity contribution in [1.82, 2.24) is 10.2 Å². The normalized spacial score (nSPS) is 11.9. The summed E-state index contributed by atoms with van der Waals surface area (Å²) in [6.07, 6.45) is 1.88. The van der Waals surface area contributed by atoms with Gasteiger partial charge in [-0.25, -0.2) is 8.42 Å². The molecule has 8 nitrogen and oxygen atoms in total. The van der Waals surface area contributed by atoms with Gasteiger partial charge in [-0.05, 0) is 48.7 Å². The van der Waals surface area contributed by atoms with Gasteiger partial charge in [0.05, 0.1) is 19.1 Å². The average Bonchev–Trinajstić information content (AvgIpc) is 2.93. The molecule has 0 radical (unpaired) electrons. The molecule has 0 aromatic heterocycles. The predicted octanol–water partition coefficient (Wildman–Crippen LogP) is 4.02. The summed E-state index contributed by atoms with van der Waals surface area (Å²) in [7, 11) is -2.03. The van der Waals surface area contributed by atoms with Crippen molar-refractivity contribution >= 4 is 27.5 Å². The van der Waals surface area contributed by atoms with E-state index in [-0.39, 0.29) is 37.7 Å². The van der Waals surface area contributed by atoms with Crippen LogP contribution in [0.15, 0.2) is 84.9 Å². The molecule has 0 aliphatic carbocycles. The first-order chi connectivity index (χ1) is 18.7. The Hall–Kier alpha value is -3.85. The molecule has 0 saturated carbocycles. The Morgan fingerprint density at radius 2 is 1.49 bits per heavy atom. The minimum atomic E-state index is -3.58. The lowest BCUT2D eigenvalue weighted by molar-refractivity contribution is -0.141. The van der Waals surface area contributed by atoms with Gasteiger partial charge in [0.25, 0.3) is 0 Å². The van der Waals surface area contributed by atoms with Crippen LogP contribution in [0.5, 0.6) is 5.75 Å². The van der Waals surface area contributed by atoms with Gasteiger partial charge in [0.1, 0.15) is 11.8 Å². The number of amides is 2. The summed E-state index contributed by atoms with van der Waals surface area (Å²) in [5.41, 5.74) is 2.35. The van der Waals surface area contributed by atoms with Crippen LogP contribution in [0.4, 0.5) is 5.69 Å². The van der Waals surface area contributed by atoms with Crippen LogP contribution in [-0.2, 0) is 32.6 Å². The van der Waals surface area contributed by atoms with Crippen LogP contribution in [-0.4, -0.2) is 57.6 Å². The lowest BCUT2D eigenvalue weighted by Gasteiger charge is -2.32. The Kier molecular flexibility index (Phi) is 10.9. The van der Waals surface area contributed by atoms with Crippen LogP contribution in [0.25, 0.3) is 0 Å². The van der Waals surface area contributed by atoms with Crippen molar-refractivity contribution < 1.29 is 22.7 Å². The van der Waals surface area contributed by atoms with Crippen LogP contribution >= 0.6 is 0 Å². The fourth-order valence-corrected chi connectivity index (χ4v) is 5.34. The van der Waals surface area contributed by atoms with Crippen molar-refractivity contribution in [3.63, 3.8) is 0 Å². The van der Waals surface area contributed by atoms with E-state index in [1.807, 2.05) is 67.6 Å². The minimum Gasteiger partial charge on any atom is -0.497 e. The van der Waals surface area contributed by atoms with Crippen LogP contribution < -0.4 is 14.4 Å². The molecule has 0 spiro atoms. The molecule has 0 aliphatic heterocycles. The molecule has 3 aromatic carbocycles. The van der Waals surface area contributed by atoms with Crippen LogP contribution in [0.1, 0.15) is 30.9 Å². The number of rotatable bonds is 14. The topological polar surface area (TPSA) is 96.0 Å². The first-order valence-corrected chi connectivity index (χ1v) is 14.8. The third-order valence-corrected chi connectivity index (χ3v) is 7.52. The van der Waals surface area contributed by atoms with Gasteiger partial charge in [0.15, 0.2) is 0 Å². The summed E-state index contributed by atoms with van der Waals surface area (Å²) in [5, 5.41) is 2.88. The van der Waals surface area contributed by atoms with Crippen LogP contribution in [0.3, 0.4) is 0 Å². The molecular formula is C30H37N3O5S. The predicted molar refractivity (Wildman–Crippen MR) is 154 cm³/mol. The van der Waals surface area contributed by atoms with E-state index in [9.17, 15) is 18.0 Å². The maximum Gasteiger partial charge on any atom is 0.243 e. The van der Waals surface area contributed by atoms with E-state index in [4.69, 9.17) is 4.74 Å². The van der Waals surface area contributed by atoms with Crippen molar-refractivity contribution in [2.24, 2.45) is 0 Å². The third kappa shape index (κ3) is 8.85. The van der Waals surface area contributed by atoms with Crippen molar-refractivity contribution in [3.05, 3.63) is 96.1 Å². The van der Waals surface area contributed by atoms with Gasteiger partial charge in [-0.1, -0.05) is 60.7 Å².